The largest absolute Gasteiger partial charge is 0.467 e. The minimum Gasteiger partial charge on any atom is -0.467 e. The zero-order chi connectivity index (χ0) is 18.3. The molecule has 1 amide bonds. The monoisotopic (exact) mass is 341 g/mol. The predicted molar refractivity (Wildman–Crippen MR) is 85.2 cm³/mol. The van der Waals surface area contributed by atoms with Gasteiger partial charge in [-0.25, -0.2) is 18.4 Å². The van der Waals surface area contributed by atoms with Crippen molar-refractivity contribution in [1.82, 2.24) is 5.32 Å². The van der Waals surface area contributed by atoms with Crippen LogP contribution in [-0.2, 0) is 14.3 Å². The summed E-state index contributed by atoms with van der Waals surface area (Å²) in [6.45, 7) is 5.08. The molecule has 0 spiro atoms. The topological polar surface area (TPSA) is 64.6 Å². The summed E-state index contributed by atoms with van der Waals surface area (Å²) in [5, 5.41) is 2.40. The minimum atomic E-state index is -0.973. The normalized spacial score (nSPS) is 12.8. The SMILES string of the molecule is COC(=O)[C@H](C/C=C/c1cc(F)cc(F)c1)NC(=O)OC(C)(C)C. The summed E-state index contributed by atoms with van der Waals surface area (Å²) in [7, 11) is 1.19. The number of esters is 1. The lowest BCUT2D eigenvalue weighted by molar-refractivity contribution is -0.143. The zero-order valence-electron chi connectivity index (χ0n) is 14.1. The summed E-state index contributed by atoms with van der Waals surface area (Å²) in [5.74, 6) is -2.06. The van der Waals surface area contributed by atoms with Gasteiger partial charge in [-0.1, -0.05) is 12.2 Å². The second-order valence-corrected chi connectivity index (χ2v) is 6.06. The number of carbonyl (C=O) groups excluding carboxylic acids is 2. The first-order valence-electron chi connectivity index (χ1n) is 7.30. The van der Waals surface area contributed by atoms with E-state index in [0.29, 0.717) is 5.56 Å². The standard InChI is InChI=1S/C17H21F2NO4/c1-17(2,3)24-16(22)20-14(15(21)23-4)7-5-6-11-8-12(18)10-13(19)9-11/h5-6,8-10,14H,7H2,1-4H3,(H,20,22)/b6-5+/t14-/m0/s1. The molecular formula is C17H21F2NO4. The molecule has 7 heteroatoms. The summed E-state index contributed by atoms with van der Waals surface area (Å²) in [6.07, 6.45) is 2.26. The molecule has 0 aromatic heterocycles. The number of benzene rings is 1. The first-order chi connectivity index (χ1) is 11.1. The van der Waals surface area contributed by atoms with E-state index >= 15 is 0 Å². The summed E-state index contributed by atoms with van der Waals surface area (Å²) in [4.78, 5) is 23.5. The van der Waals surface area contributed by atoms with Crippen LogP contribution in [-0.4, -0.2) is 30.8 Å². The van der Waals surface area contributed by atoms with Crippen molar-refractivity contribution in [2.24, 2.45) is 0 Å². The van der Waals surface area contributed by atoms with Gasteiger partial charge in [-0.3, -0.25) is 0 Å². The molecule has 5 nitrogen and oxygen atoms in total. The Kier molecular flexibility index (Phi) is 6.88. The number of nitrogens with one attached hydrogen (secondary N) is 1. The van der Waals surface area contributed by atoms with Crippen LogP contribution in [0.15, 0.2) is 24.3 Å². The Hall–Kier alpha value is -2.44. The van der Waals surface area contributed by atoms with E-state index in [1.807, 2.05) is 0 Å². The molecule has 0 unspecified atom stereocenters. The van der Waals surface area contributed by atoms with Crippen molar-refractivity contribution in [3.05, 3.63) is 41.5 Å². The first kappa shape index (κ1) is 19.6. The van der Waals surface area contributed by atoms with Gasteiger partial charge in [0.25, 0.3) is 0 Å². The van der Waals surface area contributed by atoms with E-state index in [0.717, 1.165) is 18.2 Å². The zero-order valence-corrected chi connectivity index (χ0v) is 14.1. The molecule has 1 N–H and O–H groups in total. The maximum atomic E-state index is 13.1. The maximum absolute atomic E-state index is 13.1. The highest BCUT2D eigenvalue weighted by Crippen LogP contribution is 2.11. The van der Waals surface area contributed by atoms with Crippen LogP contribution in [0.1, 0.15) is 32.8 Å². The van der Waals surface area contributed by atoms with Crippen molar-refractivity contribution in [3.8, 4) is 0 Å². The van der Waals surface area contributed by atoms with Crippen molar-refractivity contribution in [1.29, 1.82) is 0 Å². The van der Waals surface area contributed by atoms with Crippen molar-refractivity contribution >= 4 is 18.1 Å². The second-order valence-electron chi connectivity index (χ2n) is 6.06. The number of ether oxygens (including phenoxy) is 2. The van der Waals surface area contributed by atoms with E-state index in [4.69, 9.17) is 4.74 Å². The fourth-order valence-electron chi connectivity index (χ4n) is 1.82. The van der Waals surface area contributed by atoms with E-state index in [9.17, 15) is 18.4 Å². The van der Waals surface area contributed by atoms with Gasteiger partial charge in [-0.05, 0) is 44.9 Å². The average molecular weight is 341 g/mol. The molecule has 1 aromatic rings. The first-order valence-corrected chi connectivity index (χ1v) is 7.30. The number of amides is 1. The number of halogens is 2. The number of hydrogen-bond donors (Lipinski definition) is 1. The second kappa shape index (κ2) is 8.42. The number of methoxy groups -OCH3 is 1. The summed E-state index contributed by atoms with van der Waals surface area (Å²) < 4.78 is 35.9. The molecule has 0 saturated carbocycles. The average Bonchev–Trinajstić information content (AvgIpc) is 2.42. The molecule has 0 saturated heterocycles. The molecule has 0 aliphatic carbocycles. The molecule has 1 atom stereocenters. The highest BCUT2D eigenvalue weighted by molar-refractivity contribution is 5.81. The van der Waals surface area contributed by atoms with Crippen LogP contribution in [0.2, 0.25) is 0 Å². The Balaban J connectivity index is 2.74. The van der Waals surface area contributed by atoms with E-state index in [1.165, 1.54) is 19.3 Å². The number of alkyl carbamates (subject to hydrolysis) is 1. The van der Waals surface area contributed by atoms with E-state index in [-0.39, 0.29) is 6.42 Å². The molecular weight excluding hydrogens is 320 g/mol. The third-order valence-electron chi connectivity index (χ3n) is 2.74. The van der Waals surface area contributed by atoms with Gasteiger partial charge in [-0.2, -0.15) is 0 Å². The quantitative estimate of drug-likeness (QED) is 0.834. The Morgan fingerprint density at radius 1 is 1.21 bits per heavy atom. The lowest BCUT2D eigenvalue weighted by Gasteiger charge is -2.22. The lowest BCUT2D eigenvalue weighted by atomic mass is 10.1. The molecule has 1 rings (SSSR count). The molecule has 0 aliphatic heterocycles. The summed E-state index contributed by atoms with van der Waals surface area (Å²) in [5.41, 5.74) is -0.409. The van der Waals surface area contributed by atoms with Crippen LogP contribution in [0.25, 0.3) is 6.08 Å². The summed E-state index contributed by atoms with van der Waals surface area (Å²) in [6, 6.07) is 2.08. The van der Waals surface area contributed by atoms with Crippen LogP contribution < -0.4 is 5.32 Å². The Morgan fingerprint density at radius 3 is 2.29 bits per heavy atom. The van der Waals surface area contributed by atoms with Gasteiger partial charge in [0.2, 0.25) is 0 Å². The van der Waals surface area contributed by atoms with Crippen LogP contribution >= 0.6 is 0 Å². The van der Waals surface area contributed by atoms with Crippen molar-refractivity contribution in [3.63, 3.8) is 0 Å². The van der Waals surface area contributed by atoms with Crippen LogP contribution in [0.5, 0.6) is 0 Å². The van der Waals surface area contributed by atoms with Gasteiger partial charge < -0.3 is 14.8 Å². The number of hydrogen-bond acceptors (Lipinski definition) is 4. The van der Waals surface area contributed by atoms with Gasteiger partial charge in [0, 0.05) is 6.07 Å². The molecule has 0 radical (unpaired) electrons. The molecule has 0 aliphatic rings. The van der Waals surface area contributed by atoms with Gasteiger partial charge >= 0.3 is 12.1 Å². The van der Waals surface area contributed by atoms with Gasteiger partial charge in [0.05, 0.1) is 7.11 Å². The number of rotatable bonds is 5. The Bertz CT molecular complexity index is 603. The van der Waals surface area contributed by atoms with Crippen LogP contribution in [0, 0.1) is 11.6 Å². The third kappa shape index (κ3) is 7.21. The maximum Gasteiger partial charge on any atom is 0.408 e. The van der Waals surface area contributed by atoms with Crippen molar-refractivity contribution < 1.29 is 27.8 Å². The minimum absolute atomic E-state index is 0.0735. The van der Waals surface area contributed by atoms with Crippen LogP contribution in [0.4, 0.5) is 13.6 Å². The van der Waals surface area contributed by atoms with Gasteiger partial charge in [-0.15, -0.1) is 0 Å². The molecule has 0 bridgehead atoms. The fraction of sp³-hybridized carbons (Fsp3) is 0.412. The Morgan fingerprint density at radius 2 is 1.79 bits per heavy atom. The third-order valence-corrected chi connectivity index (χ3v) is 2.74. The summed E-state index contributed by atoms with van der Waals surface area (Å²) >= 11 is 0. The Labute approximate surface area is 139 Å². The molecule has 1 aromatic carbocycles. The highest BCUT2D eigenvalue weighted by Gasteiger charge is 2.23. The van der Waals surface area contributed by atoms with E-state index < -0.39 is 35.3 Å². The fourth-order valence-corrected chi connectivity index (χ4v) is 1.82. The van der Waals surface area contributed by atoms with Crippen molar-refractivity contribution in [2.45, 2.75) is 38.8 Å². The van der Waals surface area contributed by atoms with E-state index in [1.54, 1.807) is 20.8 Å². The predicted octanol–water partition coefficient (Wildman–Crippen LogP) is 3.43. The lowest BCUT2D eigenvalue weighted by Crippen LogP contribution is -2.43. The molecule has 0 heterocycles. The van der Waals surface area contributed by atoms with Gasteiger partial charge in [0.1, 0.15) is 23.3 Å². The van der Waals surface area contributed by atoms with Crippen LogP contribution in [0.3, 0.4) is 0 Å². The number of carbonyl (C=O) groups is 2. The molecule has 132 valence electrons. The van der Waals surface area contributed by atoms with Crippen molar-refractivity contribution in [2.75, 3.05) is 7.11 Å². The molecule has 24 heavy (non-hydrogen) atoms. The smallest absolute Gasteiger partial charge is 0.408 e. The highest BCUT2D eigenvalue weighted by atomic mass is 19.1. The van der Waals surface area contributed by atoms with Gasteiger partial charge in [0.15, 0.2) is 0 Å². The van der Waals surface area contributed by atoms with E-state index in [2.05, 4.69) is 10.1 Å². The molecule has 0 fully saturated rings.